The van der Waals surface area contributed by atoms with Crippen LogP contribution >= 0.6 is 0 Å². The summed E-state index contributed by atoms with van der Waals surface area (Å²) < 4.78 is 6.42. The molecule has 3 heteroatoms. The van der Waals surface area contributed by atoms with Crippen LogP contribution in [0.5, 0.6) is 5.75 Å². The SMILES string of the molecule is Cc1cc(C)c2c(c1C)OC(C)(C=O)C([Si](C)(C)C(C)(C)C)C2. The third-order valence-electron chi connectivity index (χ3n) is 6.58. The molecule has 0 saturated carbocycles. The first-order valence-corrected chi connectivity index (χ1v) is 11.7. The fourth-order valence-corrected chi connectivity index (χ4v) is 7.11. The van der Waals surface area contributed by atoms with Crippen molar-refractivity contribution < 1.29 is 9.53 Å². The van der Waals surface area contributed by atoms with Crippen LogP contribution in [0.4, 0.5) is 0 Å². The second kappa shape index (κ2) is 5.47. The minimum atomic E-state index is -1.74. The van der Waals surface area contributed by atoms with Crippen LogP contribution in [-0.2, 0) is 11.2 Å². The van der Waals surface area contributed by atoms with Gasteiger partial charge in [0.15, 0.2) is 11.9 Å². The molecule has 0 amide bonds. The monoisotopic (exact) mass is 332 g/mol. The van der Waals surface area contributed by atoms with Gasteiger partial charge in [-0.25, -0.2) is 0 Å². The quantitative estimate of drug-likeness (QED) is 0.536. The van der Waals surface area contributed by atoms with E-state index in [1.807, 2.05) is 6.92 Å². The standard InChI is InChI=1S/C20H32O2Si/c1-13-10-14(2)16-11-17(23(8,9)19(4,5)6)20(7,12-21)22-18(16)15(13)3/h10,12,17H,11H2,1-9H3. The van der Waals surface area contributed by atoms with Crippen LogP contribution < -0.4 is 4.74 Å². The second-order valence-electron chi connectivity index (χ2n) is 9.08. The maximum atomic E-state index is 12.1. The molecule has 1 aromatic rings. The number of hydrogen-bond acceptors (Lipinski definition) is 2. The van der Waals surface area contributed by atoms with Crippen LogP contribution in [0.15, 0.2) is 6.07 Å². The number of aryl methyl sites for hydroxylation is 2. The Morgan fingerprint density at radius 1 is 1.22 bits per heavy atom. The fraction of sp³-hybridized carbons (Fsp3) is 0.650. The number of fused-ring (bicyclic) bond motifs is 1. The number of benzene rings is 1. The fourth-order valence-electron chi connectivity index (χ4n) is 3.79. The maximum absolute atomic E-state index is 12.1. The number of hydrogen-bond donors (Lipinski definition) is 0. The van der Waals surface area contributed by atoms with E-state index < -0.39 is 13.7 Å². The minimum Gasteiger partial charge on any atom is -0.480 e. The number of carbonyl (C=O) groups is 1. The zero-order valence-corrected chi connectivity index (χ0v) is 17.3. The highest BCUT2D eigenvalue weighted by Crippen LogP contribution is 2.53. The van der Waals surface area contributed by atoms with E-state index >= 15 is 0 Å². The molecule has 2 nitrogen and oxygen atoms in total. The van der Waals surface area contributed by atoms with Crippen LogP contribution in [0, 0.1) is 20.8 Å². The summed E-state index contributed by atoms with van der Waals surface area (Å²) in [6.45, 7) is 20.1. The van der Waals surface area contributed by atoms with Crippen LogP contribution in [0.3, 0.4) is 0 Å². The molecule has 0 saturated heterocycles. The summed E-state index contributed by atoms with van der Waals surface area (Å²) in [5, 5.41) is 0.219. The lowest BCUT2D eigenvalue weighted by Gasteiger charge is -2.51. The number of aldehydes is 1. The van der Waals surface area contributed by atoms with E-state index in [1.165, 1.54) is 22.3 Å². The van der Waals surface area contributed by atoms with Gasteiger partial charge in [0.2, 0.25) is 0 Å². The van der Waals surface area contributed by atoms with E-state index in [9.17, 15) is 4.79 Å². The molecule has 1 aliphatic heterocycles. The van der Waals surface area contributed by atoms with Gasteiger partial charge >= 0.3 is 0 Å². The van der Waals surface area contributed by atoms with E-state index in [0.29, 0.717) is 0 Å². The molecule has 1 aliphatic rings. The number of ether oxygens (including phenoxy) is 1. The molecule has 2 unspecified atom stereocenters. The van der Waals surface area contributed by atoms with Gasteiger partial charge in [-0.05, 0) is 61.4 Å². The van der Waals surface area contributed by atoms with Gasteiger partial charge in [-0.15, -0.1) is 0 Å². The van der Waals surface area contributed by atoms with Crippen molar-refractivity contribution in [2.45, 2.75) is 84.2 Å². The van der Waals surface area contributed by atoms with Crippen molar-refractivity contribution in [3.8, 4) is 5.75 Å². The van der Waals surface area contributed by atoms with Crippen LogP contribution in [0.25, 0.3) is 0 Å². The van der Waals surface area contributed by atoms with E-state index in [-0.39, 0.29) is 10.6 Å². The van der Waals surface area contributed by atoms with Gasteiger partial charge < -0.3 is 4.74 Å². The van der Waals surface area contributed by atoms with Crippen LogP contribution in [0.1, 0.15) is 49.9 Å². The lowest BCUT2D eigenvalue weighted by atomic mass is 9.88. The Morgan fingerprint density at radius 3 is 2.26 bits per heavy atom. The average Bonchev–Trinajstić information content (AvgIpc) is 2.43. The lowest BCUT2D eigenvalue weighted by molar-refractivity contribution is -0.121. The molecule has 2 atom stereocenters. The Morgan fingerprint density at radius 2 is 1.78 bits per heavy atom. The molecule has 0 spiro atoms. The van der Waals surface area contributed by atoms with Crippen molar-refractivity contribution in [2.24, 2.45) is 0 Å². The Labute approximate surface area is 142 Å². The first-order valence-electron chi connectivity index (χ1n) is 8.60. The topological polar surface area (TPSA) is 26.3 Å². The highest BCUT2D eigenvalue weighted by atomic mass is 28.3. The molecule has 0 aromatic heterocycles. The van der Waals surface area contributed by atoms with Crippen LogP contribution in [-0.4, -0.2) is 20.0 Å². The summed E-state index contributed by atoms with van der Waals surface area (Å²) >= 11 is 0. The third-order valence-corrected chi connectivity index (χ3v) is 13.0. The summed E-state index contributed by atoms with van der Waals surface area (Å²) in [6, 6.07) is 2.25. The normalized spacial score (nSPS) is 24.8. The number of carbonyl (C=O) groups excluding carboxylic acids is 1. The van der Waals surface area contributed by atoms with Gasteiger partial charge in [0, 0.05) is 5.54 Å². The Kier molecular flexibility index (Phi) is 4.34. The van der Waals surface area contributed by atoms with E-state index in [1.54, 1.807) is 0 Å². The summed E-state index contributed by atoms with van der Waals surface area (Å²) in [4.78, 5) is 12.1. The molecule has 0 N–H and O–H groups in total. The molecule has 1 aromatic carbocycles. The summed E-state index contributed by atoms with van der Waals surface area (Å²) in [5.74, 6) is 0.951. The van der Waals surface area contributed by atoms with Crippen molar-refractivity contribution in [2.75, 3.05) is 0 Å². The molecule has 1 heterocycles. The van der Waals surface area contributed by atoms with E-state index in [0.717, 1.165) is 18.5 Å². The highest BCUT2D eigenvalue weighted by Gasteiger charge is 2.54. The number of rotatable bonds is 2. The minimum absolute atomic E-state index is 0.219. The van der Waals surface area contributed by atoms with Gasteiger partial charge in [-0.3, -0.25) is 4.79 Å². The Hall–Kier alpha value is -1.09. The molecule has 128 valence electrons. The molecule has 0 bridgehead atoms. The van der Waals surface area contributed by atoms with Crippen molar-refractivity contribution in [1.82, 2.24) is 0 Å². The summed E-state index contributed by atoms with van der Waals surface area (Å²) in [5.41, 5.74) is 4.57. The molecular weight excluding hydrogens is 300 g/mol. The average molecular weight is 333 g/mol. The summed E-state index contributed by atoms with van der Waals surface area (Å²) in [7, 11) is -1.74. The van der Waals surface area contributed by atoms with Gasteiger partial charge in [0.05, 0.1) is 8.07 Å². The van der Waals surface area contributed by atoms with Crippen molar-refractivity contribution in [1.29, 1.82) is 0 Å². The predicted octanol–water partition coefficient (Wildman–Crippen LogP) is 5.38. The maximum Gasteiger partial charge on any atom is 0.163 e. The zero-order valence-electron chi connectivity index (χ0n) is 16.3. The van der Waals surface area contributed by atoms with Crippen LogP contribution in [0.2, 0.25) is 23.7 Å². The predicted molar refractivity (Wildman–Crippen MR) is 100 cm³/mol. The molecule has 23 heavy (non-hydrogen) atoms. The molecular formula is C20H32O2Si. The van der Waals surface area contributed by atoms with Crippen molar-refractivity contribution >= 4 is 14.4 Å². The van der Waals surface area contributed by atoms with E-state index in [4.69, 9.17) is 4.74 Å². The molecule has 0 radical (unpaired) electrons. The lowest BCUT2D eigenvalue weighted by Crippen LogP contribution is -2.57. The largest absolute Gasteiger partial charge is 0.480 e. The van der Waals surface area contributed by atoms with Gasteiger partial charge in [0.25, 0.3) is 0 Å². The Bertz CT molecular complexity index is 640. The molecule has 0 fully saturated rings. The smallest absolute Gasteiger partial charge is 0.163 e. The zero-order chi connectivity index (χ0) is 17.8. The van der Waals surface area contributed by atoms with Gasteiger partial charge in [-0.1, -0.05) is 39.9 Å². The summed E-state index contributed by atoms with van der Waals surface area (Å²) in [6.07, 6.45) is 2.01. The third kappa shape index (κ3) is 2.77. The molecule has 0 aliphatic carbocycles. The second-order valence-corrected chi connectivity index (χ2v) is 14.7. The first kappa shape index (κ1) is 18.2. The highest BCUT2D eigenvalue weighted by molar-refractivity contribution is 6.82. The first-order chi connectivity index (χ1) is 10.3. The van der Waals surface area contributed by atoms with Crippen molar-refractivity contribution in [3.63, 3.8) is 0 Å². The molecule has 2 rings (SSSR count). The van der Waals surface area contributed by atoms with Crippen molar-refractivity contribution in [3.05, 3.63) is 28.3 Å². The Balaban J connectivity index is 2.65. The van der Waals surface area contributed by atoms with E-state index in [2.05, 4.69) is 60.7 Å². The van der Waals surface area contributed by atoms with Gasteiger partial charge in [-0.2, -0.15) is 0 Å². The van der Waals surface area contributed by atoms with Gasteiger partial charge in [0.1, 0.15) is 5.75 Å².